The van der Waals surface area contributed by atoms with E-state index in [1.165, 1.54) is 24.3 Å². The Morgan fingerprint density at radius 3 is 1.52 bits per heavy atom. The molecule has 8 heteroatoms. The van der Waals surface area contributed by atoms with E-state index in [1.807, 2.05) is 25.1 Å². The van der Waals surface area contributed by atoms with Crippen molar-refractivity contribution in [3.8, 4) is 11.5 Å². The van der Waals surface area contributed by atoms with Gasteiger partial charge >= 0.3 is 0 Å². The van der Waals surface area contributed by atoms with Crippen LogP contribution in [0.4, 0.5) is 8.78 Å². The highest BCUT2D eigenvalue weighted by Gasteiger charge is 2.10. The fraction of sp³-hybridized carbons (Fsp3) is 0.130. The number of hydrogen-bond donors (Lipinski definition) is 4. The van der Waals surface area contributed by atoms with Crippen molar-refractivity contribution in [2.75, 3.05) is 0 Å². The van der Waals surface area contributed by atoms with Crippen LogP contribution < -0.4 is 20.9 Å². The molecule has 0 aliphatic rings. The molecule has 0 aliphatic carbocycles. The molecule has 6 nitrogen and oxygen atoms in total. The molecule has 0 heterocycles. The van der Waals surface area contributed by atoms with Gasteiger partial charge in [0.1, 0.15) is 24.9 Å². The molecule has 0 aliphatic heterocycles. The molecule has 31 heavy (non-hydrogen) atoms. The van der Waals surface area contributed by atoms with E-state index in [4.69, 9.17) is 31.8 Å². The molecular formula is C23H22F2N4O2. The molecule has 3 rings (SSSR count). The summed E-state index contributed by atoms with van der Waals surface area (Å²) in [5.41, 5.74) is 13.8. The summed E-state index contributed by atoms with van der Waals surface area (Å²) in [6.07, 6.45) is 0. The van der Waals surface area contributed by atoms with Crippen LogP contribution in [0.5, 0.6) is 11.5 Å². The summed E-state index contributed by atoms with van der Waals surface area (Å²) in [7, 11) is 0. The van der Waals surface area contributed by atoms with Crippen LogP contribution in [-0.4, -0.2) is 11.7 Å². The molecule has 0 unspecified atom stereocenters. The van der Waals surface area contributed by atoms with Gasteiger partial charge in [0.05, 0.1) is 0 Å². The van der Waals surface area contributed by atoms with Gasteiger partial charge < -0.3 is 20.9 Å². The fourth-order valence-corrected chi connectivity index (χ4v) is 3.01. The highest BCUT2D eigenvalue weighted by Crippen LogP contribution is 2.22. The van der Waals surface area contributed by atoms with Crippen molar-refractivity contribution in [2.24, 2.45) is 11.5 Å². The monoisotopic (exact) mass is 424 g/mol. The van der Waals surface area contributed by atoms with Crippen LogP contribution >= 0.6 is 0 Å². The van der Waals surface area contributed by atoms with Crippen molar-refractivity contribution in [3.63, 3.8) is 0 Å². The maximum atomic E-state index is 14.1. The van der Waals surface area contributed by atoms with E-state index in [1.54, 1.807) is 0 Å². The second-order valence-electron chi connectivity index (χ2n) is 7.02. The lowest BCUT2D eigenvalue weighted by Crippen LogP contribution is -2.11. The van der Waals surface area contributed by atoms with Gasteiger partial charge in [-0.25, -0.2) is 8.78 Å². The Morgan fingerprint density at radius 1 is 0.742 bits per heavy atom. The molecule has 0 saturated carbocycles. The highest BCUT2D eigenvalue weighted by molar-refractivity contribution is 5.95. The van der Waals surface area contributed by atoms with E-state index in [-0.39, 0.29) is 47.5 Å². The second kappa shape index (κ2) is 9.25. The number of benzene rings is 3. The summed E-state index contributed by atoms with van der Waals surface area (Å²) < 4.78 is 39.4. The van der Waals surface area contributed by atoms with Gasteiger partial charge in [-0.05, 0) is 60.5 Å². The minimum absolute atomic E-state index is 0.0527. The Bertz CT molecular complexity index is 1060. The smallest absolute Gasteiger partial charge is 0.165 e. The van der Waals surface area contributed by atoms with Crippen molar-refractivity contribution >= 4 is 11.7 Å². The van der Waals surface area contributed by atoms with Gasteiger partial charge in [0.2, 0.25) is 0 Å². The van der Waals surface area contributed by atoms with E-state index >= 15 is 0 Å². The molecule has 0 atom stereocenters. The lowest BCUT2D eigenvalue weighted by molar-refractivity contribution is 0.284. The third-order valence-electron chi connectivity index (χ3n) is 4.47. The number of nitrogen functional groups attached to an aromatic ring is 2. The summed E-state index contributed by atoms with van der Waals surface area (Å²) in [5, 5.41) is 14.7. The van der Waals surface area contributed by atoms with Crippen molar-refractivity contribution in [1.29, 1.82) is 10.8 Å². The molecule has 0 saturated heterocycles. The molecule has 0 amide bonds. The van der Waals surface area contributed by atoms with Gasteiger partial charge in [-0.3, -0.25) is 10.8 Å². The van der Waals surface area contributed by atoms with Crippen molar-refractivity contribution in [1.82, 2.24) is 0 Å². The lowest BCUT2D eigenvalue weighted by atomic mass is 10.1. The Kier molecular flexibility index (Phi) is 6.49. The van der Waals surface area contributed by atoms with E-state index in [0.717, 1.165) is 28.8 Å². The maximum absolute atomic E-state index is 14.1. The first kappa shape index (κ1) is 21.8. The number of rotatable bonds is 8. The molecule has 160 valence electrons. The number of nitrogens with two attached hydrogens (primary N) is 2. The van der Waals surface area contributed by atoms with Crippen LogP contribution in [0.25, 0.3) is 0 Å². The normalized spacial score (nSPS) is 10.5. The zero-order chi connectivity index (χ0) is 22.5. The van der Waals surface area contributed by atoms with E-state index in [9.17, 15) is 8.78 Å². The highest BCUT2D eigenvalue weighted by atomic mass is 19.1. The first-order valence-corrected chi connectivity index (χ1v) is 9.36. The molecule has 0 spiro atoms. The molecule has 0 aromatic heterocycles. The molecule has 0 fully saturated rings. The van der Waals surface area contributed by atoms with Gasteiger partial charge in [-0.15, -0.1) is 0 Å². The van der Waals surface area contributed by atoms with Crippen molar-refractivity contribution in [3.05, 3.63) is 94.0 Å². The van der Waals surface area contributed by atoms with Crippen LogP contribution in [-0.2, 0) is 13.2 Å². The maximum Gasteiger partial charge on any atom is 0.165 e. The zero-order valence-corrected chi connectivity index (χ0v) is 16.8. The quantitative estimate of drug-likeness (QED) is 0.323. The van der Waals surface area contributed by atoms with Crippen LogP contribution in [0.3, 0.4) is 0 Å². The number of halogens is 2. The largest absolute Gasteiger partial charge is 0.486 e. The minimum Gasteiger partial charge on any atom is -0.486 e. The Hall–Kier alpha value is -3.94. The predicted octanol–water partition coefficient (Wildman–Crippen LogP) is 4.00. The number of nitrogens with one attached hydrogen (secondary N) is 2. The molecule has 0 bridgehead atoms. The van der Waals surface area contributed by atoms with Crippen LogP contribution in [0, 0.1) is 29.4 Å². The van der Waals surface area contributed by atoms with Crippen molar-refractivity contribution in [2.45, 2.75) is 20.1 Å². The molecule has 3 aromatic carbocycles. The predicted molar refractivity (Wildman–Crippen MR) is 115 cm³/mol. The molecule has 3 aromatic rings. The van der Waals surface area contributed by atoms with Gasteiger partial charge in [0, 0.05) is 11.1 Å². The first-order chi connectivity index (χ1) is 14.7. The topological polar surface area (TPSA) is 118 Å². The first-order valence-electron chi connectivity index (χ1n) is 9.36. The third-order valence-corrected chi connectivity index (χ3v) is 4.47. The summed E-state index contributed by atoms with van der Waals surface area (Å²) in [4.78, 5) is 0. The van der Waals surface area contributed by atoms with E-state index < -0.39 is 11.6 Å². The van der Waals surface area contributed by atoms with Crippen LogP contribution in [0.1, 0.15) is 27.8 Å². The van der Waals surface area contributed by atoms with Crippen LogP contribution in [0.15, 0.2) is 54.6 Å². The van der Waals surface area contributed by atoms with Gasteiger partial charge in [0.25, 0.3) is 0 Å². The molecule has 0 radical (unpaired) electrons. The average Bonchev–Trinajstić information content (AvgIpc) is 2.71. The summed E-state index contributed by atoms with van der Waals surface area (Å²) in [6.45, 7) is 2.14. The summed E-state index contributed by atoms with van der Waals surface area (Å²) in [5.74, 6) is -1.54. The number of hydrogen-bond acceptors (Lipinski definition) is 4. The van der Waals surface area contributed by atoms with Gasteiger partial charge in [-0.1, -0.05) is 17.7 Å². The lowest BCUT2D eigenvalue weighted by Gasteiger charge is -2.12. The van der Waals surface area contributed by atoms with Gasteiger partial charge in [0.15, 0.2) is 23.1 Å². The summed E-state index contributed by atoms with van der Waals surface area (Å²) in [6, 6.07) is 13.8. The Morgan fingerprint density at radius 2 is 1.16 bits per heavy atom. The Balaban J connectivity index is 1.68. The third kappa shape index (κ3) is 5.57. The Labute approximate surface area is 178 Å². The van der Waals surface area contributed by atoms with E-state index in [2.05, 4.69) is 0 Å². The molecule has 6 N–H and O–H groups in total. The number of ether oxygens (including phenoxy) is 2. The summed E-state index contributed by atoms with van der Waals surface area (Å²) >= 11 is 0. The van der Waals surface area contributed by atoms with E-state index in [0.29, 0.717) is 0 Å². The zero-order valence-electron chi connectivity index (χ0n) is 16.8. The average molecular weight is 424 g/mol. The fourth-order valence-electron chi connectivity index (χ4n) is 3.01. The van der Waals surface area contributed by atoms with Crippen LogP contribution in [0.2, 0.25) is 0 Å². The SMILES string of the molecule is Cc1cc(COc2ccc(C(=N)N)cc2F)cc(COc2ccc(C(=N)N)cc2F)c1. The number of aryl methyl sites for hydroxylation is 1. The van der Waals surface area contributed by atoms with Crippen molar-refractivity contribution < 1.29 is 18.3 Å². The van der Waals surface area contributed by atoms with Gasteiger partial charge in [-0.2, -0.15) is 0 Å². The number of amidine groups is 2. The standard InChI is InChI=1S/C23H22F2N4O2/c1-13-6-14(11-30-20-4-2-16(22(26)27)9-18(20)24)8-15(7-13)12-31-21-5-3-17(23(28)29)10-19(21)25/h2-10H,11-12H2,1H3,(H3,26,27)(H3,28,29). The second-order valence-corrected chi connectivity index (χ2v) is 7.02. The minimum atomic E-state index is -0.603. The molecular weight excluding hydrogens is 402 g/mol.